The summed E-state index contributed by atoms with van der Waals surface area (Å²) < 4.78 is 0. The van der Waals surface area contributed by atoms with Crippen molar-refractivity contribution in [2.45, 2.75) is 57.7 Å². The Hall–Kier alpha value is -0.450. The number of rotatable bonds is 4. The summed E-state index contributed by atoms with van der Waals surface area (Å²) in [4.78, 5) is 8.30. The molecule has 0 spiro atoms. The van der Waals surface area contributed by atoms with Crippen molar-refractivity contribution in [1.29, 1.82) is 0 Å². The van der Waals surface area contributed by atoms with Crippen LogP contribution in [0.5, 0.6) is 0 Å². The predicted octanol–water partition coefficient (Wildman–Crippen LogP) is 2.89. The normalized spacial score (nSPS) is 36.6. The monoisotopic (exact) mass is 279 g/mol. The van der Waals surface area contributed by atoms with Crippen molar-refractivity contribution >= 4 is 11.3 Å². The smallest absolute Gasteiger partial charge is 0.0794 e. The molecule has 2 aliphatic rings. The average molecular weight is 279 g/mol. The molecule has 4 heteroatoms. The molecular formula is C15H25N3S. The van der Waals surface area contributed by atoms with Crippen molar-refractivity contribution in [2.24, 2.45) is 5.92 Å². The standard InChI is InChI=1S/C15H25N3S/c1-4-14(2)9-17-15(3,12-5-6-12)10-18(14)8-13-7-16-11-19-13/h7,11-12,17H,4-6,8-10H2,1-3H3. The van der Waals surface area contributed by atoms with Gasteiger partial charge in [0, 0.05) is 41.8 Å². The van der Waals surface area contributed by atoms with Gasteiger partial charge < -0.3 is 5.32 Å². The third kappa shape index (κ3) is 2.58. The molecule has 1 aromatic rings. The highest BCUT2D eigenvalue weighted by atomic mass is 32.1. The van der Waals surface area contributed by atoms with Crippen LogP contribution in [0.3, 0.4) is 0 Å². The molecular weight excluding hydrogens is 254 g/mol. The zero-order valence-electron chi connectivity index (χ0n) is 12.3. The van der Waals surface area contributed by atoms with Gasteiger partial charge in [0.05, 0.1) is 5.51 Å². The minimum atomic E-state index is 0.276. The maximum absolute atomic E-state index is 4.22. The summed E-state index contributed by atoms with van der Waals surface area (Å²) in [5.41, 5.74) is 2.54. The fraction of sp³-hybridized carbons (Fsp3) is 0.800. The maximum Gasteiger partial charge on any atom is 0.0794 e. The summed E-state index contributed by atoms with van der Waals surface area (Å²) in [6.45, 7) is 10.4. The third-order valence-electron chi connectivity index (χ3n) is 5.23. The first-order valence-corrected chi connectivity index (χ1v) is 8.31. The molecule has 0 aromatic carbocycles. The van der Waals surface area contributed by atoms with Crippen molar-refractivity contribution in [2.75, 3.05) is 13.1 Å². The Balaban J connectivity index is 1.78. The highest BCUT2D eigenvalue weighted by Gasteiger charge is 2.48. The Morgan fingerprint density at radius 2 is 2.26 bits per heavy atom. The van der Waals surface area contributed by atoms with E-state index in [9.17, 15) is 0 Å². The molecule has 3 rings (SSSR count). The largest absolute Gasteiger partial charge is 0.308 e. The molecule has 2 unspecified atom stereocenters. The summed E-state index contributed by atoms with van der Waals surface area (Å²) in [5, 5.41) is 3.85. The number of hydrogen-bond donors (Lipinski definition) is 1. The average Bonchev–Trinajstić information content (AvgIpc) is 3.15. The van der Waals surface area contributed by atoms with E-state index < -0.39 is 0 Å². The van der Waals surface area contributed by atoms with E-state index in [1.54, 1.807) is 11.3 Å². The van der Waals surface area contributed by atoms with Crippen LogP contribution in [-0.4, -0.2) is 34.1 Å². The first kappa shape index (κ1) is 13.5. The van der Waals surface area contributed by atoms with Gasteiger partial charge in [-0.2, -0.15) is 0 Å². The van der Waals surface area contributed by atoms with Gasteiger partial charge in [-0.05, 0) is 39.0 Å². The molecule has 1 aliphatic carbocycles. The summed E-state index contributed by atoms with van der Waals surface area (Å²) in [6.07, 6.45) is 6.03. The molecule has 19 heavy (non-hydrogen) atoms. The second-order valence-electron chi connectivity index (χ2n) is 6.72. The van der Waals surface area contributed by atoms with Crippen molar-refractivity contribution in [3.63, 3.8) is 0 Å². The van der Waals surface area contributed by atoms with Gasteiger partial charge in [0.15, 0.2) is 0 Å². The quantitative estimate of drug-likeness (QED) is 0.918. The van der Waals surface area contributed by atoms with E-state index in [-0.39, 0.29) is 5.54 Å². The van der Waals surface area contributed by atoms with Gasteiger partial charge in [-0.25, -0.2) is 0 Å². The number of thiazole rings is 1. The number of nitrogens with zero attached hydrogens (tertiary/aromatic N) is 2. The van der Waals surface area contributed by atoms with Crippen molar-refractivity contribution in [3.05, 3.63) is 16.6 Å². The molecule has 2 fully saturated rings. The van der Waals surface area contributed by atoms with Crippen LogP contribution >= 0.6 is 11.3 Å². The zero-order valence-corrected chi connectivity index (χ0v) is 13.1. The van der Waals surface area contributed by atoms with E-state index >= 15 is 0 Å². The lowest BCUT2D eigenvalue weighted by Gasteiger charge is -2.52. The highest BCUT2D eigenvalue weighted by Crippen LogP contribution is 2.43. The lowest BCUT2D eigenvalue weighted by atomic mass is 9.84. The minimum absolute atomic E-state index is 0.276. The zero-order chi connectivity index (χ0) is 13.5. The second kappa shape index (κ2) is 4.83. The Kier molecular flexibility index (Phi) is 3.44. The molecule has 1 saturated heterocycles. The van der Waals surface area contributed by atoms with Crippen LogP contribution in [0.25, 0.3) is 0 Å². The summed E-state index contributed by atoms with van der Waals surface area (Å²) in [6, 6.07) is 0. The summed E-state index contributed by atoms with van der Waals surface area (Å²) >= 11 is 1.78. The highest BCUT2D eigenvalue weighted by molar-refractivity contribution is 7.09. The van der Waals surface area contributed by atoms with Crippen molar-refractivity contribution < 1.29 is 0 Å². The minimum Gasteiger partial charge on any atom is -0.308 e. The molecule has 106 valence electrons. The van der Waals surface area contributed by atoms with Crippen LogP contribution in [0.4, 0.5) is 0 Å². The lowest BCUT2D eigenvalue weighted by Crippen LogP contribution is -2.68. The van der Waals surface area contributed by atoms with E-state index in [1.165, 1.54) is 30.7 Å². The number of piperazine rings is 1. The number of hydrogen-bond acceptors (Lipinski definition) is 4. The second-order valence-corrected chi connectivity index (χ2v) is 7.69. The Morgan fingerprint density at radius 3 is 2.84 bits per heavy atom. The molecule has 0 bridgehead atoms. The number of aromatic nitrogens is 1. The van der Waals surface area contributed by atoms with Crippen LogP contribution in [-0.2, 0) is 6.54 Å². The van der Waals surface area contributed by atoms with Crippen molar-refractivity contribution in [3.8, 4) is 0 Å². The lowest BCUT2D eigenvalue weighted by molar-refractivity contribution is 0.00493. The topological polar surface area (TPSA) is 28.2 Å². The molecule has 0 radical (unpaired) electrons. The maximum atomic E-state index is 4.22. The first-order valence-electron chi connectivity index (χ1n) is 7.43. The van der Waals surface area contributed by atoms with Gasteiger partial charge in [0.25, 0.3) is 0 Å². The molecule has 1 N–H and O–H groups in total. The van der Waals surface area contributed by atoms with Crippen molar-refractivity contribution in [1.82, 2.24) is 15.2 Å². The van der Waals surface area contributed by atoms with Crippen LogP contribution in [0, 0.1) is 5.92 Å². The molecule has 1 aromatic heterocycles. The van der Waals surface area contributed by atoms with E-state index in [1.807, 2.05) is 11.7 Å². The van der Waals surface area contributed by atoms with Crippen LogP contribution in [0.1, 0.15) is 44.9 Å². The van der Waals surface area contributed by atoms with Gasteiger partial charge in [0.2, 0.25) is 0 Å². The fourth-order valence-electron chi connectivity index (χ4n) is 3.24. The van der Waals surface area contributed by atoms with Gasteiger partial charge >= 0.3 is 0 Å². The summed E-state index contributed by atoms with van der Waals surface area (Å²) in [7, 11) is 0. The van der Waals surface area contributed by atoms with Crippen LogP contribution < -0.4 is 5.32 Å². The molecule has 1 aliphatic heterocycles. The molecule has 2 heterocycles. The Labute approximate surface area is 120 Å². The Morgan fingerprint density at radius 1 is 1.47 bits per heavy atom. The van der Waals surface area contributed by atoms with Gasteiger partial charge in [-0.3, -0.25) is 9.88 Å². The fourth-order valence-corrected chi connectivity index (χ4v) is 3.85. The molecule has 1 saturated carbocycles. The molecule has 3 nitrogen and oxygen atoms in total. The summed E-state index contributed by atoms with van der Waals surface area (Å²) in [5.74, 6) is 0.887. The van der Waals surface area contributed by atoms with E-state index in [0.717, 1.165) is 19.0 Å². The van der Waals surface area contributed by atoms with Gasteiger partial charge in [0.1, 0.15) is 0 Å². The first-order chi connectivity index (χ1) is 9.06. The predicted molar refractivity (Wildman–Crippen MR) is 80.4 cm³/mol. The van der Waals surface area contributed by atoms with Gasteiger partial charge in [-0.1, -0.05) is 6.92 Å². The molecule has 2 atom stereocenters. The molecule has 0 amide bonds. The SMILES string of the molecule is CCC1(C)CNC(C)(C2CC2)CN1Cc1cncs1. The third-order valence-corrected chi connectivity index (χ3v) is 5.99. The van der Waals surface area contributed by atoms with E-state index in [4.69, 9.17) is 0 Å². The van der Waals surface area contributed by atoms with Crippen LogP contribution in [0.15, 0.2) is 11.7 Å². The van der Waals surface area contributed by atoms with Gasteiger partial charge in [-0.15, -0.1) is 11.3 Å². The number of nitrogens with one attached hydrogen (secondary N) is 1. The van der Waals surface area contributed by atoms with E-state index in [0.29, 0.717) is 5.54 Å². The van der Waals surface area contributed by atoms with E-state index in [2.05, 4.69) is 36.0 Å². The van der Waals surface area contributed by atoms with Crippen LogP contribution in [0.2, 0.25) is 0 Å². The Bertz CT molecular complexity index is 429.